The van der Waals surface area contributed by atoms with Crippen LogP contribution in [-0.4, -0.2) is 36.5 Å². The van der Waals surface area contributed by atoms with E-state index in [1.165, 1.54) is 0 Å². The molecule has 60 valence electrons. The Bertz CT molecular complexity index is 97.7. The molecule has 0 spiro atoms. The maximum absolute atomic E-state index is 10.8. The van der Waals surface area contributed by atoms with Crippen LogP contribution in [0.2, 0.25) is 0 Å². The Hall–Kier alpha value is 0.170. The first-order valence-corrected chi connectivity index (χ1v) is 5.84. The molecule has 0 aliphatic heterocycles. The van der Waals surface area contributed by atoms with Crippen molar-refractivity contribution in [1.29, 1.82) is 0 Å². The van der Waals surface area contributed by atoms with Crippen molar-refractivity contribution < 1.29 is 4.79 Å². The summed E-state index contributed by atoms with van der Waals surface area (Å²) in [7, 11) is 0. The quantitative estimate of drug-likeness (QED) is 0.634. The molecular formula is C6H13NOS2. The Morgan fingerprint density at radius 1 is 1.40 bits per heavy atom. The molecule has 0 saturated carbocycles. The van der Waals surface area contributed by atoms with E-state index >= 15 is 0 Å². The summed E-state index contributed by atoms with van der Waals surface area (Å²) in [5.41, 5.74) is 0. The summed E-state index contributed by atoms with van der Waals surface area (Å²) in [6, 6.07) is 0. The summed E-state index contributed by atoms with van der Waals surface area (Å²) in [6.07, 6.45) is 3.95. The first-order chi connectivity index (χ1) is 4.81. The molecule has 0 aliphatic rings. The lowest BCUT2D eigenvalue weighted by Gasteiger charge is -2.00. The van der Waals surface area contributed by atoms with E-state index in [9.17, 15) is 4.79 Å². The third kappa shape index (κ3) is 6.29. The standard InChI is InChI=1S/C6H13NOS2/c1-9-4-3-7-6(8)5-10-2/h3-5H2,1-2H3,(H,7,8). The molecule has 1 amide bonds. The molecule has 0 aromatic rings. The maximum Gasteiger partial charge on any atom is 0.230 e. The summed E-state index contributed by atoms with van der Waals surface area (Å²) in [5, 5.41) is 2.80. The zero-order valence-corrected chi connectivity index (χ0v) is 7.98. The van der Waals surface area contributed by atoms with Gasteiger partial charge in [-0.3, -0.25) is 4.79 Å². The van der Waals surface area contributed by atoms with Gasteiger partial charge in [-0.05, 0) is 12.5 Å². The van der Waals surface area contributed by atoms with Crippen molar-refractivity contribution in [2.45, 2.75) is 0 Å². The van der Waals surface area contributed by atoms with Crippen molar-refractivity contribution >= 4 is 29.4 Å². The molecule has 0 unspecified atom stereocenters. The van der Waals surface area contributed by atoms with Gasteiger partial charge in [0.05, 0.1) is 5.75 Å². The van der Waals surface area contributed by atoms with Crippen LogP contribution < -0.4 is 5.32 Å². The molecular weight excluding hydrogens is 166 g/mol. The Morgan fingerprint density at radius 2 is 2.10 bits per heavy atom. The van der Waals surface area contributed by atoms with Gasteiger partial charge in [-0.25, -0.2) is 0 Å². The average Bonchev–Trinajstić information content (AvgIpc) is 1.89. The Kier molecular flexibility index (Phi) is 7.40. The first-order valence-electron chi connectivity index (χ1n) is 3.06. The highest BCUT2D eigenvalue weighted by molar-refractivity contribution is 7.99. The van der Waals surface area contributed by atoms with Crippen molar-refractivity contribution in [2.75, 3.05) is 30.6 Å². The molecule has 10 heavy (non-hydrogen) atoms. The fourth-order valence-corrected chi connectivity index (χ4v) is 1.15. The molecule has 0 aromatic carbocycles. The van der Waals surface area contributed by atoms with E-state index in [2.05, 4.69) is 5.32 Å². The van der Waals surface area contributed by atoms with Crippen LogP contribution in [0.3, 0.4) is 0 Å². The van der Waals surface area contributed by atoms with Crippen LogP contribution in [0.4, 0.5) is 0 Å². The third-order valence-corrected chi connectivity index (χ3v) is 2.07. The summed E-state index contributed by atoms with van der Waals surface area (Å²) in [4.78, 5) is 10.8. The van der Waals surface area contributed by atoms with Crippen molar-refractivity contribution in [3.05, 3.63) is 0 Å². The van der Waals surface area contributed by atoms with Crippen LogP contribution in [0, 0.1) is 0 Å². The van der Waals surface area contributed by atoms with Crippen molar-refractivity contribution in [3.63, 3.8) is 0 Å². The normalized spacial score (nSPS) is 9.40. The van der Waals surface area contributed by atoms with E-state index in [0.29, 0.717) is 5.75 Å². The summed E-state index contributed by atoms with van der Waals surface area (Å²) < 4.78 is 0. The van der Waals surface area contributed by atoms with E-state index in [-0.39, 0.29) is 5.91 Å². The van der Waals surface area contributed by atoms with Crippen LogP contribution in [0.15, 0.2) is 0 Å². The van der Waals surface area contributed by atoms with Gasteiger partial charge in [0.2, 0.25) is 5.91 Å². The molecule has 0 fully saturated rings. The number of rotatable bonds is 5. The van der Waals surface area contributed by atoms with Gasteiger partial charge in [0.25, 0.3) is 0 Å². The Morgan fingerprint density at radius 3 is 2.60 bits per heavy atom. The fourth-order valence-electron chi connectivity index (χ4n) is 0.475. The fraction of sp³-hybridized carbons (Fsp3) is 0.833. The highest BCUT2D eigenvalue weighted by Crippen LogP contribution is 1.90. The van der Waals surface area contributed by atoms with Gasteiger partial charge in [-0.15, -0.1) is 0 Å². The molecule has 0 aliphatic carbocycles. The molecule has 2 nitrogen and oxygen atoms in total. The topological polar surface area (TPSA) is 29.1 Å². The highest BCUT2D eigenvalue weighted by atomic mass is 32.2. The van der Waals surface area contributed by atoms with E-state index in [1.54, 1.807) is 23.5 Å². The summed E-state index contributed by atoms with van der Waals surface area (Å²) in [5.74, 6) is 1.72. The minimum atomic E-state index is 0.140. The molecule has 1 N–H and O–H groups in total. The van der Waals surface area contributed by atoms with Crippen molar-refractivity contribution in [3.8, 4) is 0 Å². The van der Waals surface area contributed by atoms with Gasteiger partial charge >= 0.3 is 0 Å². The first kappa shape index (κ1) is 10.2. The smallest absolute Gasteiger partial charge is 0.230 e. The zero-order valence-electron chi connectivity index (χ0n) is 6.35. The number of thioether (sulfide) groups is 2. The minimum Gasteiger partial charge on any atom is -0.355 e. The van der Waals surface area contributed by atoms with Gasteiger partial charge in [0.15, 0.2) is 0 Å². The van der Waals surface area contributed by atoms with Crippen LogP contribution >= 0.6 is 23.5 Å². The average molecular weight is 179 g/mol. The van der Waals surface area contributed by atoms with E-state index < -0.39 is 0 Å². The molecule has 0 heterocycles. The number of hydrogen-bond donors (Lipinski definition) is 1. The lowest BCUT2D eigenvalue weighted by molar-refractivity contribution is -0.118. The number of hydrogen-bond acceptors (Lipinski definition) is 3. The summed E-state index contributed by atoms with van der Waals surface area (Å²) in [6.45, 7) is 0.792. The molecule has 0 atom stereocenters. The minimum absolute atomic E-state index is 0.140. The highest BCUT2D eigenvalue weighted by Gasteiger charge is 1.95. The van der Waals surface area contributed by atoms with Gasteiger partial charge in [0, 0.05) is 12.3 Å². The van der Waals surface area contributed by atoms with E-state index in [0.717, 1.165) is 12.3 Å². The van der Waals surface area contributed by atoms with Gasteiger partial charge in [-0.2, -0.15) is 23.5 Å². The third-order valence-electron chi connectivity index (χ3n) is 0.904. The maximum atomic E-state index is 10.8. The van der Waals surface area contributed by atoms with Crippen molar-refractivity contribution in [1.82, 2.24) is 5.32 Å². The lowest BCUT2D eigenvalue weighted by atomic mass is 10.6. The van der Waals surface area contributed by atoms with Gasteiger partial charge in [-0.1, -0.05) is 0 Å². The Labute approximate surface area is 70.5 Å². The van der Waals surface area contributed by atoms with Crippen LogP contribution in [0.1, 0.15) is 0 Å². The summed E-state index contributed by atoms with van der Waals surface area (Å²) >= 11 is 3.29. The van der Waals surface area contributed by atoms with E-state index in [4.69, 9.17) is 0 Å². The van der Waals surface area contributed by atoms with Crippen LogP contribution in [-0.2, 0) is 4.79 Å². The Balaban J connectivity index is 3.05. The van der Waals surface area contributed by atoms with Crippen LogP contribution in [0.25, 0.3) is 0 Å². The second-order valence-electron chi connectivity index (χ2n) is 1.78. The van der Waals surface area contributed by atoms with Gasteiger partial charge < -0.3 is 5.32 Å². The molecule has 0 aromatic heterocycles. The zero-order chi connectivity index (χ0) is 7.82. The molecule has 4 heteroatoms. The lowest BCUT2D eigenvalue weighted by Crippen LogP contribution is -2.27. The predicted molar refractivity (Wildman–Crippen MR) is 49.8 cm³/mol. The SMILES string of the molecule is CSCCNC(=O)CSC. The second kappa shape index (κ2) is 7.28. The molecule has 0 bridgehead atoms. The number of carbonyl (C=O) groups excluding carboxylic acids is 1. The largest absolute Gasteiger partial charge is 0.355 e. The van der Waals surface area contributed by atoms with E-state index in [1.807, 2.05) is 12.5 Å². The number of carbonyl (C=O) groups is 1. The van der Waals surface area contributed by atoms with Crippen molar-refractivity contribution in [2.24, 2.45) is 0 Å². The molecule has 0 radical (unpaired) electrons. The predicted octanol–water partition coefficient (Wildman–Crippen LogP) is 0.829. The van der Waals surface area contributed by atoms with Gasteiger partial charge in [0.1, 0.15) is 0 Å². The number of amides is 1. The van der Waals surface area contributed by atoms with Crippen LogP contribution in [0.5, 0.6) is 0 Å². The molecule has 0 saturated heterocycles. The monoisotopic (exact) mass is 179 g/mol. The number of nitrogens with one attached hydrogen (secondary N) is 1. The molecule has 0 rings (SSSR count). The second-order valence-corrected chi connectivity index (χ2v) is 3.63.